The van der Waals surface area contributed by atoms with Crippen molar-refractivity contribution >= 4 is 11.8 Å². The summed E-state index contributed by atoms with van der Waals surface area (Å²) in [5, 5.41) is 11.2. The van der Waals surface area contributed by atoms with Crippen LogP contribution < -0.4 is 0 Å². The van der Waals surface area contributed by atoms with Crippen molar-refractivity contribution in [1.82, 2.24) is 0 Å². The molecule has 88 valence electrons. The molecule has 0 radical (unpaired) electrons. The summed E-state index contributed by atoms with van der Waals surface area (Å²) in [6.45, 7) is 6.90. The number of hydrogen-bond donors (Lipinski definition) is 1. The van der Waals surface area contributed by atoms with E-state index in [0.29, 0.717) is 11.2 Å². The largest absolute Gasteiger partial charge is 0.388 e. The zero-order valence-electron chi connectivity index (χ0n) is 10.2. The van der Waals surface area contributed by atoms with Crippen LogP contribution in [0.1, 0.15) is 46.5 Å². The summed E-state index contributed by atoms with van der Waals surface area (Å²) < 4.78 is 0. The van der Waals surface area contributed by atoms with E-state index < -0.39 is 0 Å². The van der Waals surface area contributed by atoms with Gasteiger partial charge >= 0.3 is 0 Å². The van der Waals surface area contributed by atoms with Crippen LogP contribution in [0.4, 0.5) is 0 Å². The van der Waals surface area contributed by atoms with Gasteiger partial charge in [-0.1, -0.05) is 20.8 Å². The Kier molecular flexibility index (Phi) is 3.37. The van der Waals surface area contributed by atoms with Gasteiger partial charge in [0.1, 0.15) is 0 Å². The molecule has 2 heteroatoms. The van der Waals surface area contributed by atoms with Crippen LogP contribution in [0.2, 0.25) is 0 Å². The van der Waals surface area contributed by atoms with Crippen LogP contribution in [-0.2, 0) is 0 Å². The van der Waals surface area contributed by atoms with Crippen molar-refractivity contribution in [3.63, 3.8) is 0 Å². The van der Waals surface area contributed by atoms with Crippen LogP contribution in [0.15, 0.2) is 0 Å². The zero-order chi connectivity index (χ0) is 11.1. The van der Waals surface area contributed by atoms with Crippen molar-refractivity contribution < 1.29 is 5.11 Å². The van der Waals surface area contributed by atoms with Gasteiger partial charge in [-0.3, -0.25) is 0 Å². The molecule has 1 aliphatic carbocycles. The first-order chi connectivity index (χ1) is 7.02. The van der Waals surface area contributed by atoms with Crippen LogP contribution in [0, 0.1) is 17.8 Å². The van der Waals surface area contributed by atoms with Crippen molar-refractivity contribution in [2.75, 3.05) is 5.75 Å². The van der Waals surface area contributed by atoms with E-state index in [1.165, 1.54) is 19.3 Å². The topological polar surface area (TPSA) is 20.2 Å². The fourth-order valence-corrected chi connectivity index (χ4v) is 5.04. The molecule has 2 aliphatic rings. The summed E-state index contributed by atoms with van der Waals surface area (Å²) in [6, 6.07) is 0. The Bertz CT molecular complexity index is 221. The second-order valence-corrected chi connectivity index (χ2v) is 7.32. The summed E-state index contributed by atoms with van der Waals surface area (Å²) in [7, 11) is 0. The zero-order valence-corrected chi connectivity index (χ0v) is 11.0. The molecule has 4 atom stereocenters. The molecule has 2 rings (SSSR count). The van der Waals surface area contributed by atoms with Gasteiger partial charge in [0.2, 0.25) is 0 Å². The molecule has 4 unspecified atom stereocenters. The van der Waals surface area contributed by atoms with E-state index in [4.69, 9.17) is 0 Å². The minimum absolute atomic E-state index is 0.354. The Hall–Kier alpha value is 0.310. The molecule has 0 amide bonds. The van der Waals surface area contributed by atoms with Crippen molar-refractivity contribution in [2.24, 2.45) is 17.8 Å². The highest BCUT2D eigenvalue weighted by Gasteiger charge is 2.47. The minimum Gasteiger partial charge on any atom is -0.388 e. The van der Waals surface area contributed by atoms with E-state index in [0.717, 1.165) is 24.0 Å². The fraction of sp³-hybridized carbons (Fsp3) is 1.00. The quantitative estimate of drug-likeness (QED) is 0.743. The van der Waals surface area contributed by atoms with Crippen molar-refractivity contribution in [3.05, 3.63) is 0 Å². The highest BCUT2D eigenvalue weighted by Crippen LogP contribution is 2.48. The van der Waals surface area contributed by atoms with Crippen LogP contribution in [0.5, 0.6) is 0 Å². The molecule has 2 fully saturated rings. The summed E-state index contributed by atoms with van der Waals surface area (Å²) in [6.07, 6.45) is 4.86. The number of aliphatic hydroxyl groups is 1. The molecule has 0 bridgehead atoms. The Morgan fingerprint density at radius 3 is 2.13 bits per heavy atom. The van der Waals surface area contributed by atoms with E-state index in [9.17, 15) is 5.11 Å². The third-order valence-electron chi connectivity index (χ3n) is 4.46. The second-order valence-electron chi connectivity index (χ2n) is 5.87. The maximum Gasteiger partial charge on any atom is 0.0799 e. The van der Waals surface area contributed by atoms with Gasteiger partial charge < -0.3 is 5.11 Å². The van der Waals surface area contributed by atoms with Crippen molar-refractivity contribution in [2.45, 2.75) is 57.3 Å². The van der Waals surface area contributed by atoms with Crippen LogP contribution in [0.3, 0.4) is 0 Å². The summed E-state index contributed by atoms with van der Waals surface area (Å²) in [4.78, 5) is 0. The Balaban J connectivity index is 2.08. The third-order valence-corrected chi connectivity index (χ3v) is 5.81. The lowest BCUT2D eigenvalue weighted by Crippen LogP contribution is -2.45. The molecule has 0 aromatic rings. The lowest BCUT2D eigenvalue weighted by Gasteiger charge is -2.42. The first-order valence-electron chi connectivity index (χ1n) is 6.36. The molecule has 0 aromatic carbocycles. The molecule has 1 aliphatic heterocycles. The minimum atomic E-state index is -0.354. The van der Waals surface area contributed by atoms with Gasteiger partial charge in [-0.15, -0.1) is 0 Å². The predicted octanol–water partition coefficient (Wildman–Crippen LogP) is 3.32. The molecular weight excluding hydrogens is 204 g/mol. The SMILES string of the molecule is CC1CC(C)CC(C2(O)CCSC2C)C1. The number of hydrogen-bond acceptors (Lipinski definition) is 2. The third kappa shape index (κ3) is 2.21. The van der Waals surface area contributed by atoms with Crippen LogP contribution >= 0.6 is 11.8 Å². The summed E-state index contributed by atoms with van der Waals surface area (Å²) >= 11 is 1.95. The summed E-state index contributed by atoms with van der Waals surface area (Å²) in [5.74, 6) is 3.32. The van der Waals surface area contributed by atoms with Crippen molar-refractivity contribution in [3.8, 4) is 0 Å². The van der Waals surface area contributed by atoms with E-state index >= 15 is 0 Å². The van der Waals surface area contributed by atoms with E-state index in [-0.39, 0.29) is 5.60 Å². The van der Waals surface area contributed by atoms with Gasteiger partial charge in [0.15, 0.2) is 0 Å². The van der Waals surface area contributed by atoms with Crippen molar-refractivity contribution in [1.29, 1.82) is 0 Å². The highest BCUT2D eigenvalue weighted by atomic mass is 32.2. The average molecular weight is 228 g/mol. The molecule has 0 aromatic heterocycles. The maximum absolute atomic E-state index is 10.8. The van der Waals surface area contributed by atoms with Crippen LogP contribution in [-0.4, -0.2) is 21.7 Å². The average Bonchev–Trinajstić information content (AvgIpc) is 2.47. The normalized spacial score (nSPS) is 52.0. The van der Waals surface area contributed by atoms with Gasteiger partial charge in [0.25, 0.3) is 0 Å². The standard InChI is InChI=1S/C13H24OS/c1-9-6-10(2)8-12(7-9)13(14)4-5-15-11(13)3/h9-12,14H,4-8H2,1-3H3. The lowest BCUT2D eigenvalue weighted by molar-refractivity contribution is -0.0437. The Morgan fingerprint density at radius 1 is 1.07 bits per heavy atom. The van der Waals surface area contributed by atoms with Gasteiger partial charge in [-0.2, -0.15) is 11.8 Å². The molecule has 0 spiro atoms. The maximum atomic E-state index is 10.8. The predicted molar refractivity (Wildman–Crippen MR) is 67.2 cm³/mol. The van der Waals surface area contributed by atoms with Crippen LogP contribution in [0.25, 0.3) is 0 Å². The van der Waals surface area contributed by atoms with Gasteiger partial charge in [0, 0.05) is 5.25 Å². The molecular formula is C13H24OS. The monoisotopic (exact) mass is 228 g/mol. The Labute approximate surface area is 98.0 Å². The summed E-state index contributed by atoms with van der Waals surface area (Å²) in [5.41, 5.74) is -0.354. The first-order valence-corrected chi connectivity index (χ1v) is 7.41. The van der Waals surface area contributed by atoms with Gasteiger partial charge in [-0.05, 0) is 49.2 Å². The van der Waals surface area contributed by atoms with E-state index in [1.807, 2.05) is 11.8 Å². The van der Waals surface area contributed by atoms with Gasteiger partial charge in [0.05, 0.1) is 5.60 Å². The molecule has 1 saturated heterocycles. The molecule has 1 heterocycles. The Morgan fingerprint density at radius 2 is 1.67 bits per heavy atom. The molecule has 1 nitrogen and oxygen atoms in total. The second kappa shape index (κ2) is 4.29. The van der Waals surface area contributed by atoms with Gasteiger partial charge in [-0.25, -0.2) is 0 Å². The smallest absolute Gasteiger partial charge is 0.0799 e. The number of thioether (sulfide) groups is 1. The first kappa shape index (κ1) is 11.8. The highest BCUT2D eigenvalue weighted by molar-refractivity contribution is 8.00. The fourth-order valence-electron chi connectivity index (χ4n) is 3.64. The van der Waals surface area contributed by atoms with E-state index in [1.54, 1.807) is 0 Å². The molecule has 1 N–H and O–H groups in total. The number of rotatable bonds is 1. The molecule has 1 saturated carbocycles. The van der Waals surface area contributed by atoms with E-state index in [2.05, 4.69) is 20.8 Å². The lowest BCUT2D eigenvalue weighted by atomic mass is 9.68. The molecule has 15 heavy (non-hydrogen) atoms.